The van der Waals surface area contributed by atoms with Crippen LogP contribution in [0.15, 0.2) is 42.6 Å². The number of nitrogens with zero attached hydrogens (tertiary/aromatic N) is 3. The lowest BCUT2D eigenvalue weighted by Gasteiger charge is -2.29. The molecule has 0 bridgehead atoms. The molecule has 1 amide bonds. The molecule has 2 aromatic heterocycles. The molecule has 1 atom stereocenters. The Morgan fingerprint density at radius 1 is 1.15 bits per heavy atom. The van der Waals surface area contributed by atoms with Gasteiger partial charge in [-0.1, -0.05) is 31.9 Å². The predicted molar refractivity (Wildman–Crippen MR) is 135 cm³/mol. The third kappa shape index (κ3) is 5.30. The number of hydrogen-bond donors (Lipinski definition) is 2. The second-order valence-electron chi connectivity index (χ2n) is 9.52. The molecule has 7 nitrogen and oxygen atoms in total. The minimum atomic E-state index is -0.491. The predicted octanol–water partition coefficient (Wildman–Crippen LogP) is 4.71. The molecule has 1 fully saturated rings. The minimum absolute atomic E-state index is 0.153. The van der Waals surface area contributed by atoms with E-state index in [9.17, 15) is 4.79 Å². The highest BCUT2D eigenvalue weighted by Gasteiger charge is 2.28. The number of rotatable bonds is 7. The summed E-state index contributed by atoms with van der Waals surface area (Å²) >= 11 is 0. The molecule has 0 spiro atoms. The highest BCUT2D eigenvalue weighted by Crippen LogP contribution is 2.31. The van der Waals surface area contributed by atoms with Gasteiger partial charge in [0.25, 0.3) is 0 Å². The maximum atomic E-state index is 12.7. The van der Waals surface area contributed by atoms with Gasteiger partial charge in [-0.2, -0.15) is 5.10 Å². The molecule has 1 aliphatic carbocycles. The number of ether oxygens (including phenoxy) is 1. The summed E-state index contributed by atoms with van der Waals surface area (Å²) in [5.74, 6) is 2.18. The van der Waals surface area contributed by atoms with Crippen molar-refractivity contribution < 1.29 is 9.53 Å². The van der Waals surface area contributed by atoms with Crippen LogP contribution in [0.5, 0.6) is 5.75 Å². The van der Waals surface area contributed by atoms with Crippen molar-refractivity contribution in [1.82, 2.24) is 14.8 Å². The van der Waals surface area contributed by atoms with E-state index >= 15 is 0 Å². The molecule has 180 valence electrons. The molecule has 0 radical (unpaired) electrons. The van der Waals surface area contributed by atoms with Gasteiger partial charge in [-0.25, -0.2) is 4.98 Å². The number of nitrogens with two attached hydrogens (primary N) is 1. The van der Waals surface area contributed by atoms with Crippen molar-refractivity contribution in [2.24, 2.45) is 17.6 Å². The number of nitrogens with one attached hydrogen (secondary N) is 1. The third-order valence-corrected chi connectivity index (χ3v) is 7.05. The van der Waals surface area contributed by atoms with E-state index in [0.717, 1.165) is 65.4 Å². The molecule has 3 N–H and O–H groups in total. The lowest BCUT2D eigenvalue weighted by molar-refractivity contribution is -0.118. The molecular formula is C27H35N5O2. The van der Waals surface area contributed by atoms with Gasteiger partial charge in [-0.3, -0.25) is 9.48 Å². The third-order valence-electron chi connectivity index (χ3n) is 7.05. The first-order valence-electron chi connectivity index (χ1n) is 12.1. The number of anilines is 1. The van der Waals surface area contributed by atoms with Crippen molar-refractivity contribution in [3.05, 3.63) is 59.5 Å². The summed E-state index contributed by atoms with van der Waals surface area (Å²) in [6.45, 7) is 7.01. The van der Waals surface area contributed by atoms with Crippen molar-refractivity contribution in [2.75, 3.05) is 12.4 Å². The normalized spacial score (nSPS) is 19.0. The van der Waals surface area contributed by atoms with E-state index < -0.39 is 6.04 Å². The zero-order valence-corrected chi connectivity index (χ0v) is 20.5. The quantitative estimate of drug-likeness (QED) is 0.531. The van der Waals surface area contributed by atoms with E-state index in [1.807, 2.05) is 48.0 Å². The molecular weight excluding hydrogens is 426 g/mol. The van der Waals surface area contributed by atoms with Gasteiger partial charge in [0.1, 0.15) is 11.6 Å². The summed E-state index contributed by atoms with van der Waals surface area (Å²) in [4.78, 5) is 17.2. The van der Waals surface area contributed by atoms with Gasteiger partial charge in [0.15, 0.2) is 0 Å². The minimum Gasteiger partial charge on any atom is -0.497 e. The van der Waals surface area contributed by atoms with Crippen LogP contribution < -0.4 is 15.8 Å². The fourth-order valence-corrected chi connectivity index (χ4v) is 4.86. The van der Waals surface area contributed by atoms with Crippen molar-refractivity contribution >= 4 is 11.7 Å². The molecule has 1 saturated carbocycles. The lowest BCUT2D eigenvalue weighted by atomic mass is 9.79. The number of aromatic nitrogens is 3. The van der Waals surface area contributed by atoms with Crippen LogP contribution in [0.25, 0.3) is 11.1 Å². The number of benzene rings is 1. The first-order valence-corrected chi connectivity index (χ1v) is 12.1. The maximum absolute atomic E-state index is 12.7. The molecule has 1 aliphatic rings. The van der Waals surface area contributed by atoms with Crippen LogP contribution in [0, 0.1) is 25.7 Å². The number of pyridine rings is 1. The van der Waals surface area contributed by atoms with Crippen LogP contribution >= 0.6 is 0 Å². The summed E-state index contributed by atoms with van der Waals surface area (Å²) in [6, 6.07) is 11.3. The maximum Gasteiger partial charge on any atom is 0.242 e. The molecule has 0 aliphatic heterocycles. The van der Waals surface area contributed by atoms with Crippen molar-refractivity contribution in [1.29, 1.82) is 0 Å². The lowest BCUT2D eigenvalue weighted by Crippen LogP contribution is -2.43. The number of amides is 1. The summed E-state index contributed by atoms with van der Waals surface area (Å²) < 4.78 is 7.25. The molecule has 7 heteroatoms. The monoisotopic (exact) mass is 461 g/mol. The molecule has 1 unspecified atom stereocenters. The van der Waals surface area contributed by atoms with Gasteiger partial charge in [0.2, 0.25) is 5.91 Å². The van der Waals surface area contributed by atoms with E-state index in [2.05, 4.69) is 24.1 Å². The second-order valence-corrected chi connectivity index (χ2v) is 9.52. The Morgan fingerprint density at radius 3 is 2.47 bits per heavy atom. The van der Waals surface area contributed by atoms with Crippen LogP contribution in [-0.4, -0.2) is 33.8 Å². The summed E-state index contributed by atoms with van der Waals surface area (Å²) in [5, 5.41) is 7.65. The Bertz CT molecular complexity index is 1110. The van der Waals surface area contributed by atoms with E-state index in [4.69, 9.17) is 15.6 Å². The number of carbonyl (C=O) groups is 1. The standard InChI is InChI=1S/C27H35N5O2/c1-17-5-9-21(10-6-17)26(28)27(33)30-24-14-11-22(15-29-24)25-18(2)31-32(19(25)3)16-20-7-12-23(34-4)13-8-20/h7-8,11-15,17,21,26H,5-6,9-10,16,28H2,1-4H3,(H,29,30,33). The van der Waals surface area contributed by atoms with Gasteiger partial charge in [-0.15, -0.1) is 0 Å². The summed E-state index contributed by atoms with van der Waals surface area (Å²) in [7, 11) is 1.67. The Kier molecular flexibility index (Phi) is 7.32. The summed E-state index contributed by atoms with van der Waals surface area (Å²) in [5.41, 5.74) is 11.5. The first-order chi connectivity index (χ1) is 16.4. The van der Waals surface area contributed by atoms with Crippen LogP contribution in [-0.2, 0) is 11.3 Å². The van der Waals surface area contributed by atoms with Gasteiger partial charge < -0.3 is 15.8 Å². The molecule has 34 heavy (non-hydrogen) atoms. The largest absolute Gasteiger partial charge is 0.497 e. The molecule has 3 aromatic rings. The Morgan fingerprint density at radius 2 is 1.85 bits per heavy atom. The second kappa shape index (κ2) is 10.4. The number of methoxy groups -OCH3 is 1. The smallest absolute Gasteiger partial charge is 0.242 e. The highest BCUT2D eigenvalue weighted by atomic mass is 16.5. The van der Waals surface area contributed by atoms with Gasteiger partial charge in [-0.05, 0) is 68.4 Å². The average molecular weight is 462 g/mol. The fraction of sp³-hybridized carbons (Fsp3) is 0.444. The summed E-state index contributed by atoms with van der Waals surface area (Å²) in [6.07, 6.45) is 6.10. The van der Waals surface area contributed by atoms with E-state index in [1.54, 1.807) is 13.3 Å². The van der Waals surface area contributed by atoms with Crippen LogP contribution in [0.1, 0.15) is 49.6 Å². The van der Waals surface area contributed by atoms with Crippen LogP contribution in [0.4, 0.5) is 5.82 Å². The molecule has 2 heterocycles. The number of hydrogen-bond acceptors (Lipinski definition) is 5. The highest BCUT2D eigenvalue weighted by molar-refractivity contribution is 5.94. The van der Waals surface area contributed by atoms with E-state index in [-0.39, 0.29) is 11.8 Å². The molecule has 4 rings (SSSR count). The fourth-order valence-electron chi connectivity index (χ4n) is 4.86. The number of carbonyl (C=O) groups excluding carboxylic acids is 1. The first kappa shape index (κ1) is 24.0. The van der Waals surface area contributed by atoms with Gasteiger partial charge in [0.05, 0.1) is 25.4 Å². The zero-order chi connectivity index (χ0) is 24.2. The average Bonchev–Trinajstić information content (AvgIpc) is 3.12. The Labute approximate surface area is 201 Å². The van der Waals surface area contributed by atoms with Crippen LogP contribution in [0.2, 0.25) is 0 Å². The van der Waals surface area contributed by atoms with Crippen LogP contribution in [0.3, 0.4) is 0 Å². The van der Waals surface area contributed by atoms with E-state index in [0.29, 0.717) is 12.4 Å². The van der Waals surface area contributed by atoms with Crippen molar-refractivity contribution in [3.63, 3.8) is 0 Å². The van der Waals surface area contributed by atoms with Crippen molar-refractivity contribution in [2.45, 2.75) is 59.0 Å². The van der Waals surface area contributed by atoms with Crippen molar-refractivity contribution in [3.8, 4) is 16.9 Å². The van der Waals surface area contributed by atoms with Gasteiger partial charge in [0, 0.05) is 23.0 Å². The van der Waals surface area contributed by atoms with Gasteiger partial charge >= 0.3 is 0 Å². The Hall–Kier alpha value is -3.19. The Balaban J connectivity index is 1.43. The topological polar surface area (TPSA) is 95.1 Å². The zero-order valence-electron chi connectivity index (χ0n) is 20.5. The number of aryl methyl sites for hydroxylation is 1. The molecule has 1 aromatic carbocycles. The molecule has 0 saturated heterocycles. The SMILES string of the molecule is COc1ccc(Cn2nc(C)c(-c3ccc(NC(=O)C(N)C4CCC(C)CC4)nc3)c2C)cc1. The van der Waals surface area contributed by atoms with E-state index in [1.165, 1.54) is 0 Å².